The summed E-state index contributed by atoms with van der Waals surface area (Å²) in [5, 5.41) is 0.209. The third kappa shape index (κ3) is 7.21. The van der Waals surface area contributed by atoms with Crippen LogP contribution in [0.4, 0.5) is 0 Å². The van der Waals surface area contributed by atoms with Gasteiger partial charge >= 0.3 is 137 Å². The molecule has 0 bridgehead atoms. The summed E-state index contributed by atoms with van der Waals surface area (Å²) < 4.78 is 10.2. The Labute approximate surface area is 137 Å². The molecule has 1 nitrogen and oxygen atoms in total. The zero-order valence-corrected chi connectivity index (χ0v) is 19.1. The SMILES string of the molecule is C=CCC(C)(C)[C@H](C#[C][Ge]([CH3])([CH3])[CH3])O[Si](C)(C)C(C)(C)C. The molecular weight excluding hydrogens is 333 g/mol. The van der Waals surface area contributed by atoms with E-state index in [4.69, 9.17) is 4.43 Å². The summed E-state index contributed by atoms with van der Waals surface area (Å²) in [5.41, 5.74) is 0.0117. The van der Waals surface area contributed by atoms with Crippen LogP contribution in [0.2, 0.25) is 35.4 Å². The molecule has 0 fully saturated rings. The van der Waals surface area contributed by atoms with E-state index in [1.54, 1.807) is 0 Å². The summed E-state index contributed by atoms with van der Waals surface area (Å²) in [4.78, 5) is 0. The summed E-state index contributed by atoms with van der Waals surface area (Å²) in [5.74, 6) is 10.5. The molecule has 0 saturated heterocycles. The van der Waals surface area contributed by atoms with Crippen LogP contribution < -0.4 is 0 Å². The fraction of sp³-hybridized carbons (Fsp3) is 0.778. The van der Waals surface area contributed by atoms with Gasteiger partial charge in [-0.15, -0.1) is 0 Å². The molecule has 0 N–H and O–H groups in total. The van der Waals surface area contributed by atoms with Crippen LogP contribution >= 0.6 is 0 Å². The van der Waals surface area contributed by atoms with E-state index < -0.39 is 21.6 Å². The molecule has 3 heteroatoms. The number of hydrogen-bond acceptors (Lipinski definition) is 1. The van der Waals surface area contributed by atoms with Gasteiger partial charge in [0.05, 0.1) is 0 Å². The zero-order valence-electron chi connectivity index (χ0n) is 16.0. The van der Waals surface area contributed by atoms with Gasteiger partial charge in [-0.2, -0.15) is 0 Å². The Kier molecular flexibility index (Phi) is 7.07. The molecule has 0 aliphatic rings. The van der Waals surface area contributed by atoms with Gasteiger partial charge in [-0.25, -0.2) is 0 Å². The van der Waals surface area contributed by atoms with Crippen LogP contribution in [-0.4, -0.2) is 27.7 Å². The Morgan fingerprint density at radius 2 is 1.62 bits per heavy atom. The quantitative estimate of drug-likeness (QED) is 0.335. The normalized spacial score (nSPS) is 15.1. The molecular formula is C18H36GeOSi. The molecule has 0 aliphatic heterocycles. The minimum absolute atomic E-state index is 0.00115. The molecule has 1 atom stereocenters. The van der Waals surface area contributed by atoms with Crippen molar-refractivity contribution < 1.29 is 4.43 Å². The number of rotatable bonds is 5. The third-order valence-corrected chi connectivity index (χ3v) is 10.5. The van der Waals surface area contributed by atoms with Crippen LogP contribution in [0.1, 0.15) is 41.0 Å². The van der Waals surface area contributed by atoms with E-state index in [-0.39, 0.29) is 16.6 Å². The first-order valence-corrected chi connectivity index (χ1v) is 18.2. The summed E-state index contributed by atoms with van der Waals surface area (Å²) in [6, 6.07) is 0. The van der Waals surface area contributed by atoms with Crippen molar-refractivity contribution in [3.05, 3.63) is 12.7 Å². The van der Waals surface area contributed by atoms with Crippen molar-refractivity contribution in [3.8, 4) is 10.7 Å². The molecule has 0 aromatic heterocycles. The van der Waals surface area contributed by atoms with Gasteiger partial charge in [0, 0.05) is 0 Å². The third-order valence-electron chi connectivity index (χ3n) is 4.18. The molecule has 0 saturated carbocycles. The second kappa shape index (κ2) is 7.06. The van der Waals surface area contributed by atoms with E-state index in [9.17, 15) is 0 Å². The van der Waals surface area contributed by atoms with Crippen LogP contribution in [0.25, 0.3) is 0 Å². The van der Waals surface area contributed by atoms with Gasteiger partial charge in [0.2, 0.25) is 0 Å². The van der Waals surface area contributed by atoms with Crippen LogP contribution in [0.15, 0.2) is 12.7 Å². The van der Waals surface area contributed by atoms with Crippen LogP contribution in [0.5, 0.6) is 0 Å². The van der Waals surface area contributed by atoms with Gasteiger partial charge in [-0.05, 0) is 0 Å². The summed E-state index contributed by atoms with van der Waals surface area (Å²) >= 11 is -1.88. The standard InChI is InChI=1S/C18H36GeOSi/c1-12-14-18(5,6)16(13-15-19(7,8)9)20-21(10,11)17(2,3)4/h12,16H,1,14H2,2-11H3/t16-/m0/s1. The van der Waals surface area contributed by atoms with E-state index in [0.717, 1.165) is 6.42 Å². The van der Waals surface area contributed by atoms with E-state index in [1.165, 1.54) is 0 Å². The van der Waals surface area contributed by atoms with E-state index in [1.807, 2.05) is 6.08 Å². The fourth-order valence-corrected chi connectivity index (χ4v) is 4.12. The monoisotopic (exact) mass is 370 g/mol. The Balaban J connectivity index is 5.53. The Morgan fingerprint density at radius 1 is 1.14 bits per heavy atom. The first kappa shape index (κ1) is 21.0. The number of allylic oxidation sites excluding steroid dienone is 1. The van der Waals surface area contributed by atoms with Crippen molar-refractivity contribution in [2.75, 3.05) is 0 Å². The molecule has 0 aromatic rings. The molecule has 122 valence electrons. The van der Waals surface area contributed by atoms with Crippen LogP contribution in [0.3, 0.4) is 0 Å². The second-order valence-corrected chi connectivity index (χ2v) is 24.0. The molecule has 21 heavy (non-hydrogen) atoms. The summed E-state index contributed by atoms with van der Waals surface area (Å²) in [7, 11) is -1.82. The van der Waals surface area contributed by atoms with Crippen molar-refractivity contribution in [1.29, 1.82) is 0 Å². The van der Waals surface area contributed by atoms with Gasteiger partial charge in [-0.3, -0.25) is 0 Å². The topological polar surface area (TPSA) is 9.23 Å². The molecule has 0 amide bonds. The molecule has 0 radical (unpaired) electrons. The second-order valence-electron chi connectivity index (χ2n) is 9.26. The van der Waals surface area contributed by atoms with Crippen LogP contribution in [0, 0.1) is 16.1 Å². The minimum atomic E-state index is -1.88. The van der Waals surface area contributed by atoms with Gasteiger partial charge in [0.1, 0.15) is 0 Å². The average molecular weight is 369 g/mol. The van der Waals surface area contributed by atoms with Crippen molar-refractivity contribution in [2.24, 2.45) is 5.41 Å². The first-order valence-electron chi connectivity index (χ1n) is 7.94. The van der Waals surface area contributed by atoms with Crippen molar-refractivity contribution in [3.63, 3.8) is 0 Å². The Bertz CT molecular complexity index is 413. The molecule has 0 unspecified atom stereocenters. The number of hydrogen-bond donors (Lipinski definition) is 0. The molecule has 0 heterocycles. The fourth-order valence-electron chi connectivity index (χ4n) is 1.62. The molecule has 0 rings (SSSR count). The van der Waals surface area contributed by atoms with E-state index in [2.05, 4.69) is 82.2 Å². The Hall–Kier alpha value is 0.0197. The molecule has 0 aromatic carbocycles. The van der Waals surface area contributed by atoms with Gasteiger partial charge in [0.15, 0.2) is 0 Å². The van der Waals surface area contributed by atoms with Gasteiger partial charge in [-0.1, -0.05) is 0 Å². The summed E-state index contributed by atoms with van der Waals surface area (Å²) in [6.07, 6.45) is 2.92. The first-order chi connectivity index (χ1) is 9.12. The van der Waals surface area contributed by atoms with Crippen LogP contribution in [-0.2, 0) is 4.43 Å². The van der Waals surface area contributed by atoms with Gasteiger partial charge in [0.25, 0.3) is 0 Å². The van der Waals surface area contributed by atoms with Crippen molar-refractivity contribution >= 4 is 21.6 Å². The predicted octanol–water partition coefficient (Wildman–Crippen LogP) is 5.86. The van der Waals surface area contributed by atoms with Gasteiger partial charge < -0.3 is 0 Å². The summed E-state index contributed by atoms with van der Waals surface area (Å²) in [6.45, 7) is 19.9. The molecule has 0 spiro atoms. The maximum absolute atomic E-state index is 6.66. The maximum atomic E-state index is 6.66. The van der Waals surface area contributed by atoms with E-state index >= 15 is 0 Å². The zero-order chi connectivity index (χ0) is 17.1. The molecule has 0 aliphatic carbocycles. The van der Waals surface area contributed by atoms with E-state index in [0.29, 0.717) is 0 Å². The predicted molar refractivity (Wildman–Crippen MR) is 102 cm³/mol. The Morgan fingerprint density at radius 3 is 1.95 bits per heavy atom. The van der Waals surface area contributed by atoms with Crippen molar-refractivity contribution in [2.45, 2.75) is 82.5 Å². The van der Waals surface area contributed by atoms with Crippen molar-refractivity contribution in [1.82, 2.24) is 0 Å². The average Bonchev–Trinajstić information content (AvgIpc) is 2.20.